The summed E-state index contributed by atoms with van der Waals surface area (Å²) in [6.45, 7) is 0. The number of carbonyl (C=O) groups is 2. The molecule has 1 aromatic rings. The summed E-state index contributed by atoms with van der Waals surface area (Å²) in [6.07, 6.45) is -1.46. The molecule has 0 radical (unpaired) electrons. The number of benzene rings is 1. The van der Waals surface area contributed by atoms with Crippen molar-refractivity contribution in [2.24, 2.45) is 0 Å². The highest BCUT2D eigenvalue weighted by Crippen LogP contribution is 2.31. The standard InChI is InChI=1S/C11H9NO5/c1-17-10-7(5-13)3-2-6(4-12)8(10)9(14)11(15)16/h2-3,5,9,14H,1H3,(H,15,16). The molecule has 0 aromatic heterocycles. The fourth-order valence-corrected chi connectivity index (χ4v) is 1.43. The Bertz CT molecular complexity index is 503. The molecule has 0 aliphatic heterocycles. The molecule has 0 aliphatic carbocycles. The van der Waals surface area contributed by atoms with E-state index >= 15 is 0 Å². The number of carboxylic acids is 1. The fourth-order valence-electron chi connectivity index (χ4n) is 1.43. The van der Waals surface area contributed by atoms with Crippen LogP contribution in [0.1, 0.15) is 27.6 Å². The summed E-state index contributed by atoms with van der Waals surface area (Å²) >= 11 is 0. The number of carbonyl (C=O) groups excluding carboxylic acids is 1. The maximum absolute atomic E-state index is 10.7. The summed E-state index contributed by atoms with van der Waals surface area (Å²) in [6, 6.07) is 4.32. The number of hydrogen-bond donors (Lipinski definition) is 2. The molecule has 0 saturated carbocycles. The Balaban J connectivity index is 3.57. The van der Waals surface area contributed by atoms with E-state index in [9.17, 15) is 14.7 Å². The van der Waals surface area contributed by atoms with Crippen LogP contribution in [-0.4, -0.2) is 29.6 Å². The number of aliphatic hydroxyl groups excluding tert-OH is 1. The Hall–Kier alpha value is -2.39. The molecule has 88 valence electrons. The number of carboxylic acid groups (broad SMARTS) is 1. The van der Waals surface area contributed by atoms with Crippen molar-refractivity contribution >= 4 is 12.3 Å². The van der Waals surface area contributed by atoms with Gasteiger partial charge in [-0.15, -0.1) is 0 Å². The summed E-state index contributed by atoms with van der Waals surface area (Å²) in [7, 11) is 1.22. The molecule has 0 spiro atoms. The molecule has 1 rings (SSSR count). The minimum Gasteiger partial charge on any atom is -0.496 e. The summed E-state index contributed by atoms with van der Waals surface area (Å²) in [5.41, 5.74) is -0.198. The van der Waals surface area contributed by atoms with Crippen LogP contribution in [0.2, 0.25) is 0 Å². The van der Waals surface area contributed by atoms with Crippen molar-refractivity contribution in [3.63, 3.8) is 0 Å². The van der Waals surface area contributed by atoms with Crippen molar-refractivity contribution < 1.29 is 24.5 Å². The van der Waals surface area contributed by atoms with Crippen molar-refractivity contribution in [1.82, 2.24) is 0 Å². The van der Waals surface area contributed by atoms with E-state index in [-0.39, 0.29) is 22.4 Å². The maximum atomic E-state index is 10.7. The Morgan fingerprint density at radius 2 is 2.24 bits per heavy atom. The smallest absolute Gasteiger partial charge is 0.337 e. The predicted octanol–water partition coefficient (Wildman–Crippen LogP) is 0.497. The van der Waals surface area contributed by atoms with Crippen LogP contribution in [0.5, 0.6) is 5.75 Å². The number of ether oxygens (including phenoxy) is 1. The second kappa shape index (κ2) is 5.09. The molecule has 0 fully saturated rings. The number of hydrogen-bond acceptors (Lipinski definition) is 5. The van der Waals surface area contributed by atoms with Crippen LogP contribution in [0.3, 0.4) is 0 Å². The molecule has 2 N–H and O–H groups in total. The van der Waals surface area contributed by atoms with Crippen LogP contribution in [0.4, 0.5) is 0 Å². The number of methoxy groups -OCH3 is 1. The van der Waals surface area contributed by atoms with E-state index in [0.29, 0.717) is 6.29 Å². The molecule has 0 heterocycles. The Labute approximate surface area is 96.7 Å². The third-order valence-electron chi connectivity index (χ3n) is 2.19. The molecule has 1 aromatic carbocycles. The van der Waals surface area contributed by atoms with Crippen LogP contribution in [0, 0.1) is 11.3 Å². The van der Waals surface area contributed by atoms with E-state index < -0.39 is 12.1 Å². The van der Waals surface area contributed by atoms with Gasteiger partial charge in [-0.3, -0.25) is 4.79 Å². The lowest BCUT2D eigenvalue weighted by Crippen LogP contribution is -2.14. The lowest BCUT2D eigenvalue weighted by molar-refractivity contribution is -0.147. The zero-order chi connectivity index (χ0) is 13.0. The SMILES string of the molecule is COc1c(C=O)ccc(C#N)c1C(O)C(=O)O. The molecular formula is C11H9NO5. The minimum atomic E-state index is -1.92. The van der Waals surface area contributed by atoms with Gasteiger partial charge in [-0.05, 0) is 12.1 Å². The molecule has 6 heteroatoms. The van der Waals surface area contributed by atoms with Gasteiger partial charge in [0.25, 0.3) is 0 Å². The second-order valence-electron chi connectivity index (χ2n) is 3.12. The number of aliphatic hydroxyl groups is 1. The highest BCUT2D eigenvalue weighted by molar-refractivity contribution is 5.84. The highest BCUT2D eigenvalue weighted by atomic mass is 16.5. The lowest BCUT2D eigenvalue weighted by Gasteiger charge is -2.14. The molecule has 0 amide bonds. The van der Waals surface area contributed by atoms with Crippen molar-refractivity contribution in [2.75, 3.05) is 7.11 Å². The van der Waals surface area contributed by atoms with Gasteiger partial charge < -0.3 is 14.9 Å². The molecule has 1 atom stereocenters. The van der Waals surface area contributed by atoms with Crippen LogP contribution in [0.15, 0.2) is 12.1 Å². The van der Waals surface area contributed by atoms with E-state index in [1.54, 1.807) is 6.07 Å². The van der Waals surface area contributed by atoms with E-state index in [0.717, 1.165) is 0 Å². The first-order chi connectivity index (χ1) is 8.06. The van der Waals surface area contributed by atoms with Gasteiger partial charge in [0.1, 0.15) is 5.75 Å². The zero-order valence-electron chi connectivity index (χ0n) is 8.88. The topological polar surface area (TPSA) is 108 Å². The van der Waals surface area contributed by atoms with E-state index in [4.69, 9.17) is 15.1 Å². The van der Waals surface area contributed by atoms with Gasteiger partial charge in [0.15, 0.2) is 12.4 Å². The lowest BCUT2D eigenvalue weighted by atomic mass is 9.98. The molecule has 6 nitrogen and oxygen atoms in total. The van der Waals surface area contributed by atoms with Gasteiger partial charge in [-0.25, -0.2) is 4.79 Å². The Morgan fingerprint density at radius 1 is 1.59 bits per heavy atom. The van der Waals surface area contributed by atoms with Gasteiger partial charge in [0, 0.05) is 0 Å². The second-order valence-corrected chi connectivity index (χ2v) is 3.12. The van der Waals surface area contributed by atoms with Crippen molar-refractivity contribution in [3.8, 4) is 11.8 Å². The maximum Gasteiger partial charge on any atom is 0.337 e. The first-order valence-electron chi connectivity index (χ1n) is 4.53. The monoisotopic (exact) mass is 235 g/mol. The van der Waals surface area contributed by atoms with Crippen LogP contribution >= 0.6 is 0 Å². The van der Waals surface area contributed by atoms with Gasteiger partial charge in [0.05, 0.1) is 29.9 Å². The summed E-state index contributed by atoms with van der Waals surface area (Å²) < 4.78 is 4.88. The molecule has 1 unspecified atom stereocenters. The first kappa shape index (κ1) is 12.7. The molecule has 0 aliphatic rings. The number of aldehydes is 1. The van der Waals surface area contributed by atoms with Crippen molar-refractivity contribution in [3.05, 3.63) is 28.8 Å². The molecular weight excluding hydrogens is 226 g/mol. The number of aliphatic carboxylic acids is 1. The number of rotatable bonds is 4. The largest absolute Gasteiger partial charge is 0.496 e. The van der Waals surface area contributed by atoms with Gasteiger partial charge in [-0.2, -0.15) is 5.26 Å². The fraction of sp³-hybridized carbons (Fsp3) is 0.182. The average Bonchev–Trinajstić information content (AvgIpc) is 2.35. The third kappa shape index (κ3) is 2.24. The van der Waals surface area contributed by atoms with E-state index in [2.05, 4.69) is 0 Å². The highest BCUT2D eigenvalue weighted by Gasteiger charge is 2.26. The van der Waals surface area contributed by atoms with Crippen LogP contribution in [-0.2, 0) is 4.79 Å². The number of nitrogens with zero attached hydrogens (tertiary/aromatic N) is 1. The molecule has 17 heavy (non-hydrogen) atoms. The van der Waals surface area contributed by atoms with Crippen LogP contribution in [0.25, 0.3) is 0 Å². The molecule has 0 bridgehead atoms. The van der Waals surface area contributed by atoms with Gasteiger partial charge in [0.2, 0.25) is 0 Å². The van der Waals surface area contributed by atoms with E-state index in [1.165, 1.54) is 19.2 Å². The third-order valence-corrected chi connectivity index (χ3v) is 2.19. The number of nitriles is 1. The van der Waals surface area contributed by atoms with Crippen molar-refractivity contribution in [1.29, 1.82) is 5.26 Å². The van der Waals surface area contributed by atoms with E-state index in [1.807, 2.05) is 0 Å². The minimum absolute atomic E-state index is 0.0534. The average molecular weight is 235 g/mol. The van der Waals surface area contributed by atoms with Gasteiger partial charge in [-0.1, -0.05) is 0 Å². The Kier molecular flexibility index (Phi) is 3.80. The van der Waals surface area contributed by atoms with Crippen molar-refractivity contribution in [2.45, 2.75) is 6.10 Å². The van der Waals surface area contributed by atoms with Gasteiger partial charge >= 0.3 is 5.97 Å². The normalized spacial score (nSPS) is 11.4. The predicted molar refractivity (Wildman–Crippen MR) is 55.7 cm³/mol. The first-order valence-corrected chi connectivity index (χ1v) is 4.53. The summed E-state index contributed by atoms with van der Waals surface area (Å²) in [5, 5.41) is 27.1. The van der Waals surface area contributed by atoms with Crippen LogP contribution < -0.4 is 4.74 Å². The summed E-state index contributed by atoms with van der Waals surface area (Å²) in [4.78, 5) is 21.5. The quantitative estimate of drug-likeness (QED) is 0.735. The Morgan fingerprint density at radius 3 is 2.65 bits per heavy atom. The zero-order valence-corrected chi connectivity index (χ0v) is 8.88. The summed E-state index contributed by atoms with van der Waals surface area (Å²) in [5.74, 6) is -1.63. The molecule has 0 saturated heterocycles.